The van der Waals surface area contributed by atoms with E-state index in [2.05, 4.69) is 13.8 Å². The number of hydrogen-bond donors (Lipinski definition) is 0. The predicted molar refractivity (Wildman–Crippen MR) is 173 cm³/mol. The Morgan fingerprint density at radius 3 is 0.605 bits per heavy atom. The molecule has 0 aliphatic carbocycles. The van der Waals surface area contributed by atoms with Gasteiger partial charge in [0.15, 0.2) is 0 Å². The molecule has 0 amide bonds. The van der Waals surface area contributed by atoms with Gasteiger partial charge in [-0.2, -0.15) is 0 Å². The molecule has 0 aliphatic rings. The number of halogens is 1. The van der Waals surface area contributed by atoms with Gasteiger partial charge in [0.25, 0.3) is 0 Å². The highest BCUT2D eigenvalue weighted by atomic mass is 19.1. The van der Waals surface area contributed by atoms with Crippen LogP contribution in [0.1, 0.15) is 232 Å². The fourth-order valence-corrected chi connectivity index (χ4v) is 5.97. The summed E-state index contributed by atoms with van der Waals surface area (Å²) in [4.78, 5) is 0. The molecule has 230 valence electrons. The third kappa shape index (κ3) is 34.0. The highest BCUT2D eigenvalue weighted by Crippen LogP contribution is 2.18. The van der Waals surface area contributed by atoms with Gasteiger partial charge >= 0.3 is 0 Å². The maximum absolute atomic E-state index is 14.2. The molecule has 0 bridgehead atoms. The average Bonchev–Trinajstić information content (AvgIpc) is 2.92. The summed E-state index contributed by atoms with van der Waals surface area (Å²) in [7, 11) is 0. The lowest BCUT2D eigenvalue weighted by molar-refractivity contribution is 0.279. The highest BCUT2D eigenvalue weighted by molar-refractivity contribution is 4.58. The van der Waals surface area contributed by atoms with Gasteiger partial charge in [-0.25, -0.2) is 4.39 Å². The van der Waals surface area contributed by atoms with Crippen LogP contribution >= 0.6 is 0 Å². The minimum Gasteiger partial charge on any atom is -0.247 e. The van der Waals surface area contributed by atoms with Crippen molar-refractivity contribution in [3.63, 3.8) is 0 Å². The zero-order chi connectivity index (χ0) is 27.6. The minimum atomic E-state index is -0.534. The van der Waals surface area contributed by atoms with Crippen molar-refractivity contribution in [3.05, 3.63) is 0 Å². The van der Waals surface area contributed by atoms with Gasteiger partial charge in [0.2, 0.25) is 0 Å². The van der Waals surface area contributed by atoms with Crippen LogP contribution in [-0.4, -0.2) is 6.17 Å². The lowest BCUT2D eigenvalue weighted by atomic mass is 10.0. The summed E-state index contributed by atoms with van der Waals surface area (Å²) in [6.07, 6.45) is 45.6. The van der Waals surface area contributed by atoms with Crippen molar-refractivity contribution in [1.29, 1.82) is 0 Å². The molecule has 38 heavy (non-hydrogen) atoms. The van der Waals surface area contributed by atoms with Crippen molar-refractivity contribution in [1.82, 2.24) is 0 Å². The fourth-order valence-electron chi connectivity index (χ4n) is 5.97. The van der Waals surface area contributed by atoms with Gasteiger partial charge in [-0.05, 0) is 12.8 Å². The van der Waals surface area contributed by atoms with Crippen LogP contribution in [0.15, 0.2) is 0 Å². The molecule has 1 heteroatoms. The first-order valence-corrected chi connectivity index (χ1v) is 18.4. The number of unbranched alkanes of at least 4 members (excludes halogenated alkanes) is 30. The monoisotopic (exact) mass is 539 g/mol. The van der Waals surface area contributed by atoms with E-state index in [9.17, 15) is 4.39 Å². The van der Waals surface area contributed by atoms with E-state index in [-0.39, 0.29) is 0 Å². The molecule has 0 aliphatic heterocycles. The molecule has 0 N–H and O–H groups in total. The first-order chi connectivity index (χ1) is 18.8. The van der Waals surface area contributed by atoms with Gasteiger partial charge in [-0.1, -0.05) is 219 Å². The second kappa shape index (κ2) is 35.0. The molecule has 0 saturated carbocycles. The summed E-state index contributed by atoms with van der Waals surface area (Å²) < 4.78 is 14.2. The summed E-state index contributed by atoms with van der Waals surface area (Å²) in [6.45, 7) is 4.59. The third-order valence-corrected chi connectivity index (χ3v) is 8.74. The van der Waals surface area contributed by atoms with Crippen molar-refractivity contribution < 1.29 is 4.39 Å². The van der Waals surface area contributed by atoms with Crippen LogP contribution in [0.2, 0.25) is 0 Å². The first kappa shape index (κ1) is 37.9. The Labute approximate surface area is 242 Å². The highest BCUT2D eigenvalue weighted by Gasteiger charge is 2.06. The fraction of sp³-hybridized carbons (Fsp3) is 1.00. The molecule has 0 rings (SSSR count). The molecule has 0 spiro atoms. The van der Waals surface area contributed by atoms with Crippen LogP contribution in [0.4, 0.5) is 4.39 Å². The minimum absolute atomic E-state index is 0.534. The molecule has 0 fully saturated rings. The largest absolute Gasteiger partial charge is 0.247 e. The number of hydrogen-bond acceptors (Lipinski definition) is 0. The first-order valence-electron chi connectivity index (χ1n) is 18.4. The SMILES string of the molecule is CCCCCCCCCCCCCCCCCCC(F)CCCCCCCCCCCCCCCCCC. The zero-order valence-electron chi connectivity index (χ0n) is 27.0. The normalized spacial score (nSPS) is 11.7. The molecule has 0 radical (unpaired) electrons. The van der Waals surface area contributed by atoms with Crippen LogP contribution in [0.5, 0.6) is 0 Å². The number of alkyl halides is 1. The number of rotatable bonds is 34. The average molecular weight is 539 g/mol. The Hall–Kier alpha value is -0.0700. The molecule has 0 heterocycles. The molecule has 0 aromatic carbocycles. The maximum atomic E-state index is 14.2. The second-order valence-electron chi connectivity index (χ2n) is 12.8. The molecule has 0 unspecified atom stereocenters. The van der Waals surface area contributed by atoms with Crippen molar-refractivity contribution in [2.75, 3.05) is 0 Å². The van der Waals surface area contributed by atoms with Gasteiger partial charge in [-0.15, -0.1) is 0 Å². The van der Waals surface area contributed by atoms with E-state index >= 15 is 0 Å². The summed E-state index contributed by atoms with van der Waals surface area (Å²) in [5.74, 6) is 0. The van der Waals surface area contributed by atoms with Crippen LogP contribution in [0.3, 0.4) is 0 Å². The maximum Gasteiger partial charge on any atom is 0.100 e. The Morgan fingerprint density at radius 1 is 0.263 bits per heavy atom. The summed E-state index contributed by atoms with van der Waals surface area (Å²) in [5, 5.41) is 0. The van der Waals surface area contributed by atoms with E-state index in [0.717, 1.165) is 25.7 Å². The molecule has 0 atom stereocenters. The molecule has 0 aromatic heterocycles. The Balaban J connectivity index is 3.13. The van der Waals surface area contributed by atoms with Crippen molar-refractivity contribution in [2.45, 2.75) is 238 Å². The third-order valence-electron chi connectivity index (χ3n) is 8.74. The lowest BCUT2D eigenvalue weighted by Crippen LogP contribution is -2.00. The molecule has 0 nitrogen and oxygen atoms in total. The van der Waals surface area contributed by atoms with Gasteiger partial charge in [0, 0.05) is 0 Å². The predicted octanol–water partition coefficient (Wildman–Crippen LogP) is 14.6. The Kier molecular flexibility index (Phi) is 34.9. The van der Waals surface area contributed by atoms with Gasteiger partial charge in [-0.3, -0.25) is 0 Å². The van der Waals surface area contributed by atoms with Crippen molar-refractivity contribution in [3.8, 4) is 0 Å². The smallest absolute Gasteiger partial charge is 0.100 e. The quantitative estimate of drug-likeness (QED) is 0.0714. The summed E-state index contributed by atoms with van der Waals surface area (Å²) in [6, 6.07) is 0. The van der Waals surface area contributed by atoms with E-state index in [1.54, 1.807) is 0 Å². The zero-order valence-corrected chi connectivity index (χ0v) is 27.0. The van der Waals surface area contributed by atoms with Crippen molar-refractivity contribution in [2.24, 2.45) is 0 Å². The second-order valence-corrected chi connectivity index (χ2v) is 12.8. The van der Waals surface area contributed by atoms with Gasteiger partial charge in [0.05, 0.1) is 0 Å². The van der Waals surface area contributed by atoms with Crippen LogP contribution in [0, 0.1) is 0 Å². The van der Waals surface area contributed by atoms with E-state index in [0.29, 0.717) is 0 Å². The Morgan fingerprint density at radius 2 is 0.421 bits per heavy atom. The van der Waals surface area contributed by atoms with Gasteiger partial charge < -0.3 is 0 Å². The molecular weight excluding hydrogens is 463 g/mol. The van der Waals surface area contributed by atoms with E-state index < -0.39 is 6.17 Å². The molecule has 0 aromatic rings. The summed E-state index contributed by atoms with van der Waals surface area (Å²) >= 11 is 0. The van der Waals surface area contributed by atoms with Crippen LogP contribution in [0.25, 0.3) is 0 Å². The molecule has 0 saturated heterocycles. The lowest BCUT2D eigenvalue weighted by Gasteiger charge is -2.08. The van der Waals surface area contributed by atoms with Gasteiger partial charge in [0.1, 0.15) is 6.17 Å². The topological polar surface area (TPSA) is 0 Å². The standard InChI is InChI=1S/C37H75F/c1-3-5-7-9-11-13-15-17-19-21-23-25-27-29-31-33-35-37(38)36-34-32-30-28-26-24-22-20-18-16-14-12-10-8-6-4-2/h37H,3-36H2,1-2H3. The molecular formula is C37H75F. The van der Waals surface area contributed by atoms with Crippen molar-refractivity contribution >= 4 is 0 Å². The van der Waals surface area contributed by atoms with Crippen LogP contribution in [-0.2, 0) is 0 Å². The van der Waals surface area contributed by atoms with E-state index in [4.69, 9.17) is 0 Å². The van der Waals surface area contributed by atoms with E-state index in [1.807, 2.05) is 0 Å². The van der Waals surface area contributed by atoms with Crippen LogP contribution < -0.4 is 0 Å². The van der Waals surface area contributed by atoms with E-state index in [1.165, 1.54) is 193 Å². The summed E-state index contributed by atoms with van der Waals surface area (Å²) in [5.41, 5.74) is 0. The Bertz CT molecular complexity index is 356.